The lowest BCUT2D eigenvalue weighted by Gasteiger charge is -2.39. The van der Waals surface area contributed by atoms with E-state index in [2.05, 4.69) is 121 Å². The average Bonchev–Trinajstić information content (AvgIpc) is 3.88. The molecule has 0 N–H and O–H groups in total. The van der Waals surface area contributed by atoms with Gasteiger partial charge in [0, 0.05) is 49.0 Å². The quantitative estimate of drug-likeness (QED) is 0.172. The van der Waals surface area contributed by atoms with Gasteiger partial charge in [-0.05, 0) is 46.5 Å². The number of rotatable bonds is 5. The van der Waals surface area contributed by atoms with E-state index in [4.69, 9.17) is 29.7 Å². The molecule has 63 heavy (non-hydrogen) atoms. The Bertz CT molecular complexity index is 3500. The maximum Gasteiger partial charge on any atom is 0.164 e. The number of para-hydroxylation sites is 2. The van der Waals surface area contributed by atoms with Gasteiger partial charge >= 0.3 is 0 Å². The number of thiophene rings is 1. The molecular weight excluding hydrogens is 791 g/mol. The summed E-state index contributed by atoms with van der Waals surface area (Å²) < 4.78 is 8.96. The van der Waals surface area contributed by atoms with Crippen LogP contribution in [0.2, 0.25) is 0 Å². The Morgan fingerprint density at radius 1 is 0.381 bits per heavy atom. The molecule has 13 rings (SSSR count). The highest BCUT2D eigenvalue weighted by Crippen LogP contribution is 2.63. The van der Waals surface area contributed by atoms with Crippen molar-refractivity contribution in [3.8, 4) is 79.4 Å². The molecule has 0 atom stereocenters. The number of hydrogen-bond acceptors (Lipinski definition) is 7. The first kappa shape index (κ1) is 35.6. The molecule has 7 heteroatoms. The molecule has 4 heterocycles. The fourth-order valence-corrected chi connectivity index (χ4v) is 10.9. The zero-order chi connectivity index (χ0) is 41.5. The van der Waals surface area contributed by atoms with Crippen LogP contribution in [0.4, 0.5) is 0 Å². The molecule has 0 unspecified atom stereocenters. The highest BCUT2D eigenvalue weighted by molar-refractivity contribution is 7.26. The van der Waals surface area contributed by atoms with Gasteiger partial charge in [-0.15, -0.1) is 11.3 Å². The molecule has 0 saturated carbocycles. The largest absolute Gasteiger partial charge is 0.457 e. The molecule has 0 radical (unpaired) electrons. The van der Waals surface area contributed by atoms with Crippen LogP contribution in [0.25, 0.3) is 88.2 Å². The predicted molar refractivity (Wildman–Crippen MR) is 253 cm³/mol. The van der Waals surface area contributed by atoms with Crippen molar-refractivity contribution in [1.82, 2.24) is 24.9 Å². The number of benzene rings is 8. The summed E-state index contributed by atoms with van der Waals surface area (Å²) >= 11 is 1.74. The molecule has 8 aromatic carbocycles. The lowest BCUT2D eigenvalue weighted by atomic mass is 9.66. The number of ether oxygens (including phenoxy) is 1. The highest BCUT2D eigenvalue weighted by Gasteiger charge is 2.52. The first-order valence-electron chi connectivity index (χ1n) is 21.0. The molecule has 294 valence electrons. The van der Waals surface area contributed by atoms with Crippen LogP contribution < -0.4 is 4.74 Å². The molecule has 3 aromatic heterocycles. The predicted octanol–water partition coefficient (Wildman–Crippen LogP) is 13.8. The molecule has 0 fully saturated rings. The summed E-state index contributed by atoms with van der Waals surface area (Å²) in [6, 6.07) is 69.5. The van der Waals surface area contributed by atoms with Crippen molar-refractivity contribution in [2.45, 2.75) is 5.41 Å². The van der Waals surface area contributed by atoms with Gasteiger partial charge in [0.15, 0.2) is 23.3 Å². The van der Waals surface area contributed by atoms with Crippen LogP contribution in [0.1, 0.15) is 22.3 Å². The molecule has 11 aromatic rings. The molecule has 6 nitrogen and oxygen atoms in total. The highest BCUT2D eigenvalue weighted by atomic mass is 32.1. The van der Waals surface area contributed by atoms with Gasteiger partial charge in [-0.25, -0.2) is 24.9 Å². The zero-order valence-corrected chi connectivity index (χ0v) is 34.4. The second-order valence-electron chi connectivity index (χ2n) is 15.9. The summed E-state index contributed by atoms with van der Waals surface area (Å²) in [6.45, 7) is 0. The normalized spacial score (nSPS) is 13.0. The summed E-state index contributed by atoms with van der Waals surface area (Å²) in [5.74, 6) is 4.14. The van der Waals surface area contributed by atoms with E-state index in [0.29, 0.717) is 23.3 Å². The molecule has 0 saturated heterocycles. The van der Waals surface area contributed by atoms with Gasteiger partial charge in [0.2, 0.25) is 0 Å². The first-order chi connectivity index (χ1) is 31.2. The molecule has 0 amide bonds. The average molecular weight is 824 g/mol. The van der Waals surface area contributed by atoms with Crippen LogP contribution in [0, 0.1) is 0 Å². The van der Waals surface area contributed by atoms with Gasteiger partial charge in [-0.3, -0.25) is 0 Å². The number of fused-ring (bicyclic) bond motifs is 12. The van der Waals surface area contributed by atoms with E-state index in [-0.39, 0.29) is 0 Å². The van der Waals surface area contributed by atoms with Crippen LogP contribution in [0.15, 0.2) is 200 Å². The standard InChI is InChI=1S/C56H33N5OS/c1-4-17-34(18-5-1)49-51-50(38-23-10-15-30-47(38)63-51)58-55(57-49)39-24-16-27-44-48(39)40-33-37(54-60-52(35-19-6-2-7-20-35)59-53(61-54)36-21-8-3-9-22-36)31-32-41(40)56(44)42-25-11-13-28-45(42)62-46-29-14-12-26-43(46)56/h1-33H. The van der Waals surface area contributed by atoms with E-state index in [0.717, 1.165) is 94.0 Å². The van der Waals surface area contributed by atoms with Crippen molar-refractivity contribution in [3.05, 3.63) is 222 Å². The third-order valence-corrected chi connectivity index (χ3v) is 13.6. The summed E-state index contributed by atoms with van der Waals surface area (Å²) in [6.07, 6.45) is 0. The van der Waals surface area contributed by atoms with Crippen molar-refractivity contribution in [2.24, 2.45) is 0 Å². The van der Waals surface area contributed by atoms with E-state index in [9.17, 15) is 0 Å². The Balaban J connectivity index is 1.12. The van der Waals surface area contributed by atoms with Crippen molar-refractivity contribution in [2.75, 3.05) is 0 Å². The summed E-state index contributed by atoms with van der Waals surface area (Å²) in [5, 5.41) is 1.12. The van der Waals surface area contributed by atoms with Crippen LogP contribution in [-0.2, 0) is 5.41 Å². The molecule has 1 aliphatic carbocycles. The minimum Gasteiger partial charge on any atom is -0.457 e. The van der Waals surface area contributed by atoms with E-state index in [1.807, 2.05) is 78.9 Å². The SMILES string of the molecule is c1ccc(-c2nc(-c3ccccc3)nc(-c3ccc4c(c3)-c3c(-c5nc(-c6ccccc6)c6sc7ccccc7c6n5)cccc3C43c4ccccc4Oc4ccccc43)n2)cc1. The van der Waals surface area contributed by atoms with Crippen LogP contribution in [0.5, 0.6) is 11.5 Å². The monoisotopic (exact) mass is 823 g/mol. The number of hydrogen-bond donors (Lipinski definition) is 0. The van der Waals surface area contributed by atoms with Gasteiger partial charge in [-0.2, -0.15) is 0 Å². The van der Waals surface area contributed by atoms with E-state index in [1.54, 1.807) is 11.3 Å². The molecule has 1 aliphatic heterocycles. The molecule has 2 aliphatic rings. The third kappa shape index (κ3) is 5.40. The second-order valence-corrected chi connectivity index (χ2v) is 17.0. The minimum atomic E-state index is -0.713. The van der Waals surface area contributed by atoms with E-state index in [1.165, 1.54) is 4.70 Å². The van der Waals surface area contributed by atoms with Gasteiger partial charge in [0.05, 0.1) is 21.3 Å². The lowest BCUT2D eigenvalue weighted by Crippen LogP contribution is -2.32. The van der Waals surface area contributed by atoms with Gasteiger partial charge in [0.25, 0.3) is 0 Å². The minimum absolute atomic E-state index is 0.590. The van der Waals surface area contributed by atoms with Crippen molar-refractivity contribution < 1.29 is 4.74 Å². The fraction of sp³-hybridized carbons (Fsp3) is 0.0179. The van der Waals surface area contributed by atoms with Crippen LogP contribution >= 0.6 is 11.3 Å². The molecule has 0 bridgehead atoms. The summed E-state index contributed by atoms with van der Waals surface area (Å²) in [5.41, 5.74) is 12.5. The van der Waals surface area contributed by atoms with Gasteiger partial charge < -0.3 is 4.74 Å². The number of aromatic nitrogens is 5. The molecule has 1 spiro atoms. The van der Waals surface area contributed by atoms with Gasteiger partial charge in [0.1, 0.15) is 11.5 Å². The third-order valence-electron chi connectivity index (χ3n) is 12.4. The Hall–Kier alpha value is -8.13. The summed E-state index contributed by atoms with van der Waals surface area (Å²) in [7, 11) is 0. The van der Waals surface area contributed by atoms with E-state index < -0.39 is 5.41 Å². The zero-order valence-electron chi connectivity index (χ0n) is 33.6. The van der Waals surface area contributed by atoms with Crippen molar-refractivity contribution in [3.63, 3.8) is 0 Å². The Kier molecular flexibility index (Phi) is 7.89. The lowest BCUT2D eigenvalue weighted by molar-refractivity contribution is 0.436. The second kappa shape index (κ2) is 14.0. The topological polar surface area (TPSA) is 73.7 Å². The Labute approximate surface area is 366 Å². The molecular formula is C56H33N5OS. The van der Waals surface area contributed by atoms with Gasteiger partial charge in [-0.1, -0.05) is 176 Å². The van der Waals surface area contributed by atoms with Crippen molar-refractivity contribution in [1.29, 1.82) is 0 Å². The van der Waals surface area contributed by atoms with E-state index >= 15 is 0 Å². The Morgan fingerprint density at radius 2 is 0.937 bits per heavy atom. The fourth-order valence-electron chi connectivity index (χ4n) is 9.72. The number of nitrogens with zero attached hydrogens (tertiary/aromatic N) is 5. The van der Waals surface area contributed by atoms with Crippen molar-refractivity contribution >= 4 is 31.6 Å². The Morgan fingerprint density at radius 3 is 1.60 bits per heavy atom. The first-order valence-corrected chi connectivity index (χ1v) is 21.8. The maximum atomic E-state index is 6.71. The van der Waals surface area contributed by atoms with Crippen LogP contribution in [0.3, 0.4) is 0 Å². The smallest absolute Gasteiger partial charge is 0.164 e. The maximum absolute atomic E-state index is 6.71. The van der Waals surface area contributed by atoms with Crippen LogP contribution in [-0.4, -0.2) is 24.9 Å². The summed E-state index contributed by atoms with van der Waals surface area (Å²) in [4.78, 5) is 26.4.